The normalized spacial score (nSPS) is 15.3. The van der Waals surface area contributed by atoms with E-state index in [4.69, 9.17) is 0 Å². The molecule has 0 aromatic heterocycles. The van der Waals surface area contributed by atoms with E-state index in [0.29, 0.717) is 6.54 Å². The highest BCUT2D eigenvalue weighted by Crippen LogP contribution is 2.24. The summed E-state index contributed by atoms with van der Waals surface area (Å²) in [4.78, 5) is 25.9. The van der Waals surface area contributed by atoms with E-state index < -0.39 is 0 Å². The summed E-state index contributed by atoms with van der Waals surface area (Å²) in [6, 6.07) is 15.9. The van der Waals surface area contributed by atoms with Crippen LogP contribution in [0.3, 0.4) is 0 Å². The summed E-state index contributed by atoms with van der Waals surface area (Å²) in [7, 11) is 0. The predicted octanol–water partition coefficient (Wildman–Crippen LogP) is 3.68. The van der Waals surface area contributed by atoms with Crippen LogP contribution in [0.5, 0.6) is 0 Å². The fourth-order valence-corrected chi connectivity index (χ4v) is 3.72. The third-order valence-corrected chi connectivity index (χ3v) is 5.37. The van der Waals surface area contributed by atoms with Gasteiger partial charge in [0.1, 0.15) is 6.54 Å². The van der Waals surface area contributed by atoms with Crippen LogP contribution >= 0.6 is 11.8 Å². The highest BCUT2D eigenvalue weighted by atomic mass is 32.2. The Bertz CT molecular complexity index is 777. The van der Waals surface area contributed by atoms with Crippen molar-refractivity contribution < 1.29 is 9.59 Å². The van der Waals surface area contributed by atoms with Crippen LogP contribution in [-0.4, -0.2) is 34.9 Å². The first kappa shape index (κ1) is 17.5. The molecule has 1 heterocycles. The van der Waals surface area contributed by atoms with E-state index in [-0.39, 0.29) is 23.7 Å². The van der Waals surface area contributed by atoms with Gasteiger partial charge in [-0.25, -0.2) is 0 Å². The first-order valence-corrected chi connectivity index (χ1v) is 9.36. The molecule has 0 aliphatic carbocycles. The minimum absolute atomic E-state index is 0.0161. The van der Waals surface area contributed by atoms with Crippen LogP contribution in [0, 0.1) is 13.8 Å². The lowest BCUT2D eigenvalue weighted by Gasteiger charge is -2.22. The zero-order valence-corrected chi connectivity index (χ0v) is 15.3. The molecule has 1 aliphatic heterocycles. The zero-order chi connectivity index (χ0) is 17.8. The maximum Gasteiger partial charge on any atom is 0.282 e. The zero-order valence-electron chi connectivity index (χ0n) is 14.5. The van der Waals surface area contributed by atoms with Gasteiger partial charge in [-0.3, -0.25) is 9.59 Å². The van der Waals surface area contributed by atoms with Gasteiger partial charge in [-0.1, -0.05) is 60.3 Å². The number of aryl methyl sites for hydroxylation is 2. The number of carbonyl (C=O) groups excluding carboxylic acids is 2. The molecular formula is C20H22N2O2S. The van der Waals surface area contributed by atoms with Crippen LogP contribution in [0.4, 0.5) is 4.79 Å². The van der Waals surface area contributed by atoms with Crippen LogP contribution < -0.4 is 5.32 Å². The summed E-state index contributed by atoms with van der Waals surface area (Å²) in [5.74, 6) is 0.619. The fourth-order valence-electron chi connectivity index (χ4n) is 2.90. The second-order valence-electron chi connectivity index (χ2n) is 6.29. The lowest BCUT2D eigenvalue weighted by atomic mass is 9.95. The number of carbonyl (C=O) groups is 2. The number of hydrogen-bond donors (Lipinski definition) is 1. The van der Waals surface area contributed by atoms with E-state index in [0.717, 1.165) is 16.9 Å². The second-order valence-corrected chi connectivity index (χ2v) is 7.34. The Kier molecular flexibility index (Phi) is 5.43. The lowest BCUT2D eigenvalue weighted by molar-refractivity contribution is -0.122. The van der Waals surface area contributed by atoms with Crippen LogP contribution in [-0.2, 0) is 4.79 Å². The molecule has 1 atom stereocenters. The quantitative estimate of drug-likeness (QED) is 0.891. The van der Waals surface area contributed by atoms with Crippen LogP contribution in [0.1, 0.15) is 28.3 Å². The van der Waals surface area contributed by atoms with Crippen molar-refractivity contribution in [3.8, 4) is 0 Å². The van der Waals surface area contributed by atoms with Crippen molar-refractivity contribution in [1.29, 1.82) is 0 Å². The van der Waals surface area contributed by atoms with Crippen molar-refractivity contribution in [3.05, 3.63) is 70.8 Å². The molecule has 0 unspecified atom stereocenters. The molecule has 25 heavy (non-hydrogen) atoms. The molecule has 1 fully saturated rings. The number of thioether (sulfide) groups is 1. The number of nitrogens with zero attached hydrogens (tertiary/aromatic N) is 1. The van der Waals surface area contributed by atoms with Gasteiger partial charge < -0.3 is 10.2 Å². The molecule has 1 aliphatic rings. The van der Waals surface area contributed by atoms with E-state index >= 15 is 0 Å². The Balaban J connectivity index is 1.82. The Morgan fingerprint density at radius 3 is 2.52 bits per heavy atom. The van der Waals surface area contributed by atoms with Gasteiger partial charge in [0.15, 0.2) is 0 Å². The molecule has 0 saturated carbocycles. The molecule has 2 aromatic rings. The van der Waals surface area contributed by atoms with Crippen molar-refractivity contribution in [1.82, 2.24) is 10.2 Å². The van der Waals surface area contributed by atoms with Gasteiger partial charge in [-0.05, 0) is 36.1 Å². The average Bonchev–Trinajstić information content (AvgIpc) is 3.01. The molecule has 1 N–H and O–H groups in total. The van der Waals surface area contributed by atoms with Crippen molar-refractivity contribution in [2.24, 2.45) is 0 Å². The molecule has 130 valence electrons. The first-order chi connectivity index (χ1) is 12.0. The highest BCUT2D eigenvalue weighted by Gasteiger charge is 2.25. The van der Waals surface area contributed by atoms with Gasteiger partial charge in [-0.15, -0.1) is 0 Å². The largest absolute Gasteiger partial charge is 0.344 e. The van der Waals surface area contributed by atoms with Gasteiger partial charge in [0.2, 0.25) is 5.91 Å². The summed E-state index contributed by atoms with van der Waals surface area (Å²) >= 11 is 1.27. The Morgan fingerprint density at radius 2 is 1.88 bits per heavy atom. The minimum atomic E-state index is -0.224. The number of amides is 2. The average molecular weight is 354 g/mol. The maximum absolute atomic E-state index is 12.5. The van der Waals surface area contributed by atoms with Gasteiger partial charge in [0.05, 0.1) is 6.04 Å². The van der Waals surface area contributed by atoms with E-state index in [2.05, 4.69) is 37.4 Å². The van der Waals surface area contributed by atoms with Crippen molar-refractivity contribution in [3.63, 3.8) is 0 Å². The number of rotatable bonds is 5. The fraction of sp³-hybridized carbons (Fsp3) is 0.300. The summed E-state index contributed by atoms with van der Waals surface area (Å²) in [6.07, 6.45) is 0. The molecule has 5 heteroatoms. The van der Waals surface area contributed by atoms with Crippen molar-refractivity contribution in [2.45, 2.75) is 19.9 Å². The molecule has 0 spiro atoms. The first-order valence-electron chi connectivity index (χ1n) is 8.38. The Hall–Kier alpha value is -2.27. The van der Waals surface area contributed by atoms with Gasteiger partial charge >= 0.3 is 0 Å². The maximum atomic E-state index is 12.5. The smallest absolute Gasteiger partial charge is 0.282 e. The summed E-state index contributed by atoms with van der Waals surface area (Å²) in [5, 5.41) is 3.09. The van der Waals surface area contributed by atoms with E-state index in [1.54, 1.807) is 4.90 Å². The number of hydrogen-bond acceptors (Lipinski definition) is 3. The minimum Gasteiger partial charge on any atom is -0.344 e. The molecule has 3 rings (SSSR count). The van der Waals surface area contributed by atoms with Gasteiger partial charge in [-0.2, -0.15) is 0 Å². The second kappa shape index (κ2) is 7.74. The van der Waals surface area contributed by atoms with Gasteiger partial charge in [0.25, 0.3) is 5.24 Å². The SMILES string of the molecule is Cc1ccc([C@@H](NC(=O)CN2CCSC2=O)c2ccccc2)cc1C. The Morgan fingerprint density at radius 1 is 1.12 bits per heavy atom. The summed E-state index contributed by atoms with van der Waals surface area (Å²) in [5.41, 5.74) is 4.49. The lowest BCUT2D eigenvalue weighted by Crippen LogP contribution is -2.39. The topological polar surface area (TPSA) is 49.4 Å². The highest BCUT2D eigenvalue weighted by molar-refractivity contribution is 8.13. The van der Waals surface area contributed by atoms with Crippen LogP contribution in [0.2, 0.25) is 0 Å². The van der Waals surface area contributed by atoms with Crippen molar-refractivity contribution in [2.75, 3.05) is 18.8 Å². The summed E-state index contributed by atoms with van der Waals surface area (Å²) < 4.78 is 0. The van der Waals surface area contributed by atoms with E-state index in [9.17, 15) is 9.59 Å². The van der Waals surface area contributed by atoms with E-state index in [1.807, 2.05) is 30.3 Å². The molecule has 2 amide bonds. The molecule has 0 radical (unpaired) electrons. The third-order valence-electron chi connectivity index (χ3n) is 4.48. The molecule has 4 nitrogen and oxygen atoms in total. The molecule has 2 aromatic carbocycles. The monoisotopic (exact) mass is 354 g/mol. The number of nitrogens with one attached hydrogen (secondary N) is 1. The van der Waals surface area contributed by atoms with Gasteiger partial charge in [0, 0.05) is 12.3 Å². The predicted molar refractivity (Wildman–Crippen MR) is 102 cm³/mol. The van der Waals surface area contributed by atoms with Crippen LogP contribution in [0.15, 0.2) is 48.5 Å². The van der Waals surface area contributed by atoms with Crippen LogP contribution in [0.25, 0.3) is 0 Å². The van der Waals surface area contributed by atoms with Crippen molar-refractivity contribution >= 4 is 22.9 Å². The molecular weight excluding hydrogens is 332 g/mol. The summed E-state index contributed by atoms with van der Waals surface area (Å²) in [6.45, 7) is 4.89. The standard InChI is InChI=1S/C20H22N2O2S/c1-14-8-9-17(12-15(14)2)19(16-6-4-3-5-7-16)21-18(23)13-22-10-11-25-20(22)24/h3-9,12,19H,10-11,13H2,1-2H3,(H,21,23)/t19-/m0/s1. The Labute approximate surface area is 152 Å². The molecule has 1 saturated heterocycles. The van der Waals surface area contributed by atoms with E-state index in [1.165, 1.54) is 22.9 Å². The molecule has 0 bridgehead atoms. The number of benzene rings is 2. The third kappa shape index (κ3) is 4.23.